The highest BCUT2D eigenvalue weighted by molar-refractivity contribution is 5.92. The van der Waals surface area contributed by atoms with Crippen molar-refractivity contribution < 1.29 is 9.53 Å². The summed E-state index contributed by atoms with van der Waals surface area (Å²) in [6.07, 6.45) is 0. The highest BCUT2D eigenvalue weighted by Gasteiger charge is 2.22. The molecule has 1 aromatic carbocycles. The molecule has 0 radical (unpaired) electrons. The number of methoxy groups -OCH3 is 1. The number of nitrogens with zero attached hydrogens (tertiary/aromatic N) is 2. The van der Waals surface area contributed by atoms with Gasteiger partial charge < -0.3 is 20.3 Å². The van der Waals surface area contributed by atoms with E-state index in [0.717, 1.165) is 25.3 Å². The molecule has 104 valence electrons. The lowest BCUT2D eigenvalue weighted by Crippen LogP contribution is -2.50. The fourth-order valence-electron chi connectivity index (χ4n) is 2.33. The van der Waals surface area contributed by atoms with Crippen LogP contribution in [-0.2, 0) is 4.74 Å². The van der Waals surface area contributed by atoms with E-state index in [1.54, 1.807) is 12.1 Å². The zero-order valence-electron chi connectivity index (χ0n) is 11.7. The van der Waals surface area contributed by atoms with Crippen LogP contribution in [0.1, 0.15) is 17.3 Å². The minimum atomic E-state index is -0.330. The van der Waals surface area contributed by atoms with Crippen molar-refractivity contribution in [2.75, 3.05) is 44.4 Å². The summed E-state index contributed by atoms with van der Waals surface area (Å²) in [5.41, 5.74) is 8.19. The minimum absolute atomic E-state index is 0.330. The van der Waals surface area contributed by atoms with Gasteiger partial charge in [0, 0.05) is 25.7 Å². The summed E-state index contributed by atoms with van der Waals surface area (Å²) >= 11 is 0. The van der Waals surface area contributed by atoms with Crippen molar-refractivity contribution in [3.05, 3.63) is 23.8 Å². The Labute approximate surface area is 113 Å². The molecular weight excluding hydrogens is 242 g/mol. The standard InChI is InChI=1S/C14H21N3O2/c1-10-9-17(7-6-16(10)2)13-8-11(14(18)19-3)4-5-12(13)15/h4-5,8,10H,6-7,9,15H2,1-3H3. The van der Waals surface area contributed by atoms with E-state index in [0.29, 0.717) is 17.3 Å². The largest absolute Gasteiger partial charge is 0.465 e. The van der Waals surface area contributed by atoms with E-state index in [2.05, 4.69) is 23.8 Å². The van der Waals surface area contributed by atoms with Crippen molar-refractivity contribution in [3.8, 4) is 0 Å². The molecule has 0 spiro atoms. The van der Waals surface area contributed by atoms with Crippen LogP contribution in [-0.4, -0.2) is 50.7 Å². The molecule has 19 heavy (non-hydrogen) atoms. The fourth-order valence-corrected chi connectivity index (χ4v) is 2.33. The SMILES string of the molecule is COC(=O)c1ccc(N)c(N2CCN(C)C(C)C2)c1. The van der Waals surface area contributed by atoms with E-state index in [4.69, 9.17) is 10.5 Å². The number of nitrogen functional groups attached to an aromatic ring is 1. The van der Waals surface area contributed by atoms with Crippen LogP contribution in [0.4, 0.5) is 11.4 Å². The fraction of sp³-hybridized carbons (Fsp3) is 0.500. The number of rotatable bonds is 2. The molecule has 0 amide bonds. The van der Waals surface area contributed by atoms with E-state index in [1.165, 1.54) is 7.11 Å². The number of ether oxygens (including phenoxy) is 1. The number of hydrogen-bond donors (Lipinski definition) is 1. The lowest BCUT2D eigenvalue weighted by molar-refractivity contribution is 0.0601. The second kappa shape index (κ2) is 5.48. The third kappa shape index (κ3) is 2.81. The third-order valence-corrected chi connectivity index (χ3v) is 3.75. The molecular formula is C14H21N3O2. The minimum Gasteiger partial charge on any atom is -0.465 e. The van der Waals surface area contributed by atoms with Crippen LogP contribution in [0.25, 0.3) is 0 Å². The summed E-state index contributed by atoms with van der Waals surface area (Å²) < 4.78 is 4.75. The van der Waals surface area contributed by atoms with Crippen LogP contribution in [0, 0.1) is 0 Å². The summed E-state index contributed by atoms with van der Waals surface area (Å²) in [6, 6.07) is 5.75. The van der Waals surface area contributed by atoms with Crippen molar-refractivity contribution in [2.24, 2.45) is 0 Å². The number of likely N-dealkylation sites (N-methyl/N-ethyl adjacent to an activating group) is 1. The van der Waals surface area contributed by atoms with Gasteiger partial charge in [-0.15, -0.1) is 0 Å². The Bertz CT molecular complexity index is 476. The lowest BCUT2D eigenvalue weighted by atomic mass is 10.1. The first kappa shape index (κ1) is 13.7. The number of carbonyl (C=O) groups is 1. The number of nitrogens with two attached hydrogens (primary N) is 1. The summed E-state index contributed by atoms with van der Waals surface area (Å²) in [7, 11) is 3.51. The smallest absolute Gasteiger partial charge is 0.337 e. The quantitative estimate of drug-likeness (QED) is 0.641. The molecule has 1 aromatic rings. The topological polar surface area (TPSA) is 58.8 Å². The average Bonchev–Trinajstić information content (AvgIpc) is 2.41. The first-order valence-corrected chi connectivity index (χ1v) is 6.46. The van der Waals surface area contributed by atoms with E-state index < -0.39 is 0 Å². The molecule has 1 saturated heterocycles. The van der Waals surface area contributed by atoms with Crippen LogP contribution >= 0.6 is 0 Å². The van der Waals surface area contributed by atoms with Crippen molar-refractivity contribution >= 4 is 17.3 Å². The molecule has 0 aromatic heterocycles. The first-order valence-electron chi connectivity index (χ1n) is 6.46. The number of hydrogen-bond acceptors (Lipinski definition) is 5. The Hall–Kier alpha value is -1.75. The highest BCUT2D eigenvalue weighted by Crippen LogP contribution is 2.27. The van der Waals surface area contributed by atoms with Gasteiger partial charge in [-0.3, -0.25) is 0 Å². The van der Waals surface area contributed by atoms with E-state index in [1.807, 2.05) is 6.07 Å². The number of benzene rings is 1. The van der Waals surface area contributed by atoms with Crippen molar-refractivity contribution in [1.82, 2.24) is 4.90 Å². The van der Waals surface area contributed by atoms with Gasteiger partial charge in [-0.25, -0.2) is 4.79 Å². The number of anilines is 2. The average molecular weight is 263 g/mol. The maximum Gasteiger partial charge on any atom is 0.337 e. The van der Waals surface area contributed by atoms with Crippen molar-refractivity contribution in [1.29, 1.82) is 0 Å². The molecule has 2 rings (SSSR count). The van der Waals surface area contributed by atoms with Gasteiger partial charge in [0.2, 0.25) is 0 Å². The third-order valence-electron chi connectivity index (χ3n) is 3.75. The predicted octanol–water partition coefficient (Wildman–Crippen LogP) is 1.20. The van der Waals surface area contributed by atoms with Crippen LogP contribution in [0.2, 0.25) is 0 Å². The molecule has 2 N–H and O–H groups in total. The first-order chi connectivity index (χ1) is 9.02. The molecule has 1 atom stereocenters. The summed E-state index contributed by atoms with van der Waals surface area (Å²) in [5.74, 6) is -0.330. The molecule has 0 aliphatic carbocycles. The summed E-state index contributed by atoms with van der Waals surface area (Å²) in [4.78, 5) is 16.1. The molecule has 1 aliphatic rings. The van der Waals surface area contributed by atoms with Crippen molar-refractivity contribution in [2.45, 2.75) is 13.0 Å². The second-order valence-electron chi connectivity index (χ2n) is 5.04. The molecule has 0 bridgehead atoms. The number of carbonyl (C=O) groups excluding carboxylic acids is 1. The predicted molar refractivity (Wildman–Crippen MR) is 76.5 cm³/mol. The van der Waals surface area contributed by atoms with Crippen LogP contribution in [0.15, 0.2) is 18.2 Å². The van der Waals surface area contributed by atoms with Gasteiger partial charge in [-0.05, 0) is 32.2 Å². The lowest BCUT2D eigenvalue weighted by Gasteiger charge is -2.39. The Kier molecular flexibility index (Phi) is 3.95. The summed E-state index contributed by atoms with van der Waals surface area (Å²) in [5, 5.41) is 0. The summed E-state index contributed by atoms with van der Waals surface area (Å²) in [6.45, 7) is 5.00. The van der Waals surface area contributed by atoms with E-state index >= 15 is 0 Å². The van der Waals surface area contributed by atoms with Gasteiger partial charge >= 0.3 is 5.97 Å². The maximum atomic E-state index is 11.6. The Morgan fingerprint density at radius 2 is 2.16 bits per heavy atom. The normalized spacial score (nSPS) is 20.4. The zero-order chi connectivity index (χ0) is 14.0. The van der Waals surface area contributed by atoms with Gasteiger partial charge in [0.05, 0.1) is 24.0 Å². The van der Waals surface area contributed by atoms with Gasteiger partial charge in [-0.2, -0.15) is 0 Å². The van der Waals surface area contributed by atoms with Crippen LogP contribution in [0.3, 0.4) is 0 Å². The van der Waals surface area contributed by atoms with Gasteiger partial charge in [0.1, 0.15) is 0 Å². The second-order valence-corrected chi connectivity index (χ2v) is 5.04. The van der Waals surface area contributed by atoms with Crippen LogP contribution < -0.4 is 10.6 Å². The Morgan fingerprint density at radius 3 is 2.79 bits per heavy atom. The number of esters is 1. The molecule has 1 heterocycles. The molecule has 5 heteroatoms. The van der Waals surface area contributed by atoms with Gasteiger partial charge in [0.15, 0.2) is 0 Å². The zero-order valence-corrected chi connectivity index (χ0v) is 11.7. The molecule has 1 aliphatic heterocycles. The van der Waals surface area contributed by atoms with Crippen LogP contribution in [0.5, 0.6) is 0 Å². The molecule has 1 unspecified atom stereocenters. The molecule has 5 nitrogen and oxygen atoms in total. The monoisotopic (exact) mass is 263 g/mol. The van der Waals surface area contributed by atoms with E-state index in [9.17, 15) is 4.79 Å². The van der Waals surface area contributed by atoms with E-state index in [-0.39, 0.29) is 5.97 Å². The Morgan fingerprint density at radius 1 is 1.42 bits per heavy atom. The maximum absolute atomic E-state index is 11.6. The van der Waals surface area contributed by atoms with Gasteiger partial charge in [-0.1, -0.05) is 0 Å². The Balaban J connectivity index is 2.26. The highest BCUT2D eigenvalue weighted by atomic mass is 16.5. The number of piperazine rings is 1. The molecule has 0 saturated carbocycles. The van der Waals surface area contributed by atoms with Gasteiger partial charge in [0.25, 0.3) is 0 Å². The molecule has 1 fully saturated rings. The van der Waals surface area contributed by atoms with Crippen molar-refractivity contribution in [3.63, 3.8) is 0 Å².